The first-order valence-corrected chi connectivity index (χ1v) is 12.3. The zero-order chi connectivity index (χ0) is 21.2. The smallest absolute Gasteiger partial charge is 0.243 e. The van der Waals surface area contributed by atoms with Crippen LogP contribution in [0.15, 0.2) is 23.1 Å². The first kappa shape index (κ1) is 22.2. The molecule has 3 rings (SSSR count). The predicted molar refractivity (Wildman–Crippen MR) is 115 cm³/mol. The molecular formula is C22H35N3O3S. The maximum atomic E-state index is 13.1. The molecule has 6 nitrogen and oxygen atoms in total. The Labute approximate surface area is 175 Å². The third kappa shape index (κ3) is 4.67. The Morgan fingerprint density at radius 3 is 2.45 bits per heavy atom. The highest BCUT2D eigenvalue weighted by atomic mass is 32.2. The van der Waals surface area contributed by atoms with Gasteiger partial charge in [-0.15, -0.1) is 0 Å². The van der Waals surface area contributed by atoms with E-state index in [1.807, 2.05) is 32.9 Å². The zero-order valence-corrected chi connectivity index (χ0v) is 19.0. The van der Waals surface area contributed by atoms with Crippen molar-refractivity contribution in [3.8, 4) is 0 Å². The zero-order valence-electron chi connectivity index (χ0n) is 18.2. The fraction of sp³-hybridized carbons (Fsp3) is 0.682. The number of amides is 1. The lowest BCUT2D eigenvalue weighted by atomic mass is 9.99. The molecule has 29 heavy (non-hydrogen) atoms. The number of likely N-dealkylation sites (tertiary alicyclic amines) is 1. The number of aryl methyl sites for hydroxylation is 2. The quantitative estimate of drug-likeness (QED) is 0.734. The summed E-state index contributed by atoms with van der Waals surface area (Å²) in [6.45, 7) is 10.7. The molecule has 0 radical (unpaired) electrons. The van der Waals surface area contributed by atoms with E-state index in [0.29, 0.717) is 37.1 Å². The Kier molecular flexibility index (Phi) is 7.02. The number of nitrogens with zero attached hydrogens (tertiary/aromatic N) is 3. The molecule has 1 amide bonds. The number of carbonyl (C=O) groups is 1. The SMILES string of the molecule is CCC1CCCCN1C(=O)C(C)N1CCN(S(=O)(=O)c2cc(C)ccc2C)CC1. The molecule has 0 bridgehead atoms. The summed E-state index contributed by atoms with van der Waals surface area (Å²) in [7, 11) is -3.51. The molecule has 0 aromatic heterocycles. The summed E-state index contributed by atoms with van der Waals surface area (Å²) in [6.07, 6.45) is 4.37. The molecular weight excluding hydrogens is 386 g/mol. The van der Waals surface area contributed by atoms with E-state index in [9.17, 15) is 13.2 Å². The summed E-state index contributed by atoms with van der Waals surface area (Å²) in [5.74, 6) is 0.197. The van der Waals surface area contributed by atoms with Gasteiger partial charge in [-0.05, 0) is 63.6 Å². The van der Waals surface area contributed by atoms with Crippen molar-refractivity contribution in [1.29, 1.82) is 0 Å². The van der Waals surface area contributed by atoms with E-state index >= 15 is 0 Å². The van der Waals surface area contributed by atoms with Gasteiger partial charge in [0.1, 0.15) is 0 Å². The minimum absolute atomic E-state index is 0.197. The second-order valence-corrected chi connectivity index (χ2v) is 10.4. The van der Waals surface area contributed by atoms with Crippen LogP contribution < -0.4 is 0 Å². The molecule has 0 spiro atoms. The van der Waals surface area contributed by atoms with Gasteiger partial charge in [0.25, 0.3) is 0 Å². The van der Waals surface area contributed by atoms with Gasteiger partial charge in [-0.25, -0.2) is 8.42 Å². The van der Waals surface area contributed by atoms with E-state index < -0.39 is 10.0 Å². The Bertz CT molecular complexity index is 832. The molecule has 2 unspecified atom stereocenters. The van der Waals surface area contributed by atoms with Crippen LogP contribution in [0, 0.1) is 13.8 Å². The molecule has 1 aromatic rings. The molecule has 162 valence electrons. The van der Waals surface area contributed by atoms with Crippen LogP contribution in [0.5, 0.6) is 0 Å². The fourth-order valence-corrected chi connectivity index (χ4v) is 6.30. The van der Waals surface area contributed by atoms with Crippen LogP contribution in [-0.2, 0) is 14.8 Å². The summed E-state index contributed by atoms with van der Waals surface area (Å²) >= 11 is 0. The van der Waals surface area contributed by atoms with Crippen molar-refractivity contribution in [2.24, 2.45) is 0 Å². The second kappa shape index (κ2) is 9.14. The molecule has 2 aliphatic rings. The van der Waals surface area contributed by atoms with Gasteiger partial charge in [-0.1, -0.05) is 19.1 Å². The van der Waals surface area contributed by atoms with E-state index in [-0.39, 0.29) is 11.9 Å². The van der Waals surface area contributed by atoms with Crippen molar-refractivity contribution in [3.63, 3.8) is 0 Å². The third-order valence-electron chi connectivity index (χ3n) is 6.52. The molecule has 1 aromatic carbocycles. The Balaban J connectivity index is 1.65. The maximum Gasteiger partial charge on any atom is 0.243 e. The van der Waals surface area contributed by atoms with E-state index in [1.54, 1.807) is 10.4 Å². The van der Waals surface area contributed by atoms with Crippen LogP contribution in [0.1, 0.15) is 50.7 Å². The number of piperidine rings is 1. The highest BCUT2D eigenvalue weighted by Crippen LogP contribution is 2.24. The van der Waals surface area contributed by atoms with Crippen molar-refractivity contribution < 1.29 is 13.2 Å². The van der Waals surface area contributed by atoms with Crippen molar-refractivity contribution in [2.45, 2.75) is 70.4 Å². The van der Waals surface area contributed by atoms with Crippen LogP contribution in [0.3, 0.4) is 0 Å². The van der Waals surface area contributed by atoms with E-state index in [2.05, 4.69) is 16.7 Å². The van der Waals surface area contributed by atoms with E-state index in [0.717, 1.165) is 36.9 Å². The molecule has 2 saturated heterocycles. The highest BCUT2D eigenvalue weighted by molar-refractivity contribution is 7.89. The van der Waals surface area contributed by atoms with Gasteiger partial charge < -0.3 is 4.90 Å². The lowest BCUT2D eigenvalue weighted by Crippen LogP contribution is -2.57. The number of piperazine rings is 1. The number of sulfonamides is 1. The minimum atomic E-state index is -3.51. The standard InChI is InChI=1S/C22H35N3O3S/c1-5-20-8-6-7-11-25(20)22(26)19(4)23-12-14-24(15-13-23)29(27,28)21-16-17(2)9-10-18(21)3/h9-10,16,19-20H,5-8,11-15H2,1-4H3. The van der Waals surface area contributed by atoms with Crippen molar-refractivity contribution in [3.05, 3.63) is 29.3 Å². The fourth-order valence-electron chi connectivity index (χ4n) is 4.57. The van der Waals surface area contributed by atoms with Crippen molar-refractivity contribution in [2.75, 3.05) is 32.7 Å². The average Bonchev–Trinajstić information content (AvgIpc) is 2.74. The molecule has 7 heteroatoms. The van der Waals surface area contributed by atoms with Gasteiger partial charge >= 0.3 is 0 Å². The lowest BCUT2D eigenvalue weighted by Gasteiger charge is -2.41. The van der Waals surface area contributed by atoms with Crippen molar-refractivity contribution in [1.82, 2.24) is 14.1 Å². The summed E-state index contributed by atoms with van der Waals surface area (Å²) in [5.41, 5.74) is 1.72. The number of carbonyl (C=O) groups excluding carboxylic acids is 1. The predicted octanol–water partition coefficient (Wildman–Crippen LogP) is 2.79. The summed E-state index contributed by atoms with van der Waals surface area (Å²) in [4.78, 5) is 17.7. The van der Waals surface area contributed by atoms with Crippen LogP contribution >= 0.6 is 0 Å². The van der Waals surface area contributed by atoms with Crippen LogP contribution in [0.25, 0.3) is 0 Å². The molecule has 2 atom stereocenters. The van der Waals surface area contributed by atoms with Gasteiger partial charge in [0.2, 0.25) is 15.9 Å². The molecule has 2 fully saturated rings. The second-order valence-electron chi connectivity index (χ2n) is 8.47. The number of benzene rings is 1. The minimum Gasteiger partial charge on any atom is -0.338 e. The van der Waals surface area contributed by atoms with Crippen LogP contribution in [0.2, 0.25) is 0 Å². The lowest BCUT2D eigenvalue weighted by molar-refractivity contribution is -0.140. The number of hydrogen-bond acceptors (Lipinski definition) is 4. The summed E-state index contributed by atoms with van der Waals surface area (Å²) in [6, 6.07) is 5.70. The Hall–Kier alpha value is -1.44. The van der Waals surface area contributed by atoms with Gasteiger partial charge in [0.05, 0.1) is 10.9 Å². The average molecular weight is 422 g/mol. The number of hydrogen-bond donors (Lipinski definition) is 0. The van der Waals surface area contributed by atoms with Crippen LogP contribution in [0.4, 0.5) is 0 Å². The third-order valence-corrected chi connectivity index (χ3v) is 8.56. The molecule has 0 saturated carbocycles. The molecule has 0 N–H and O–H groups in total. The summed E-state index contributed by atoms with van der Waals surface area (Å²) < 4.78 is 27.8. The van der Waals surface area contributed by atoms with Crippen LogP contribution in [-0.4, -0.2) is 73.2 Å². The van der Waals surface area contributed by atoms with Gasteiger partial charge in [0, 0.05) is 38.8 Å². The normalized spacial score (nSPS) is 23.2. The molecule has 2 heterocycles. The van der Waals surface area contributed by atoms with Gasteiger partial charge in [-0.2, -0.15) is 4.31 Å². The summed E-state index contributed by atoms with van der Waals surface area (Å²) in [5, 5.41) is 0. The van der Waals surface area contributed by atoms with Crippen molar-refractivity contribution >= 4 is 15.9 Å². The van der Waals surface area contributed by atoms with Gasteiger partial charge in [-0.3, -0.25) is 9.69 Å². The molecule has 2 aliphatic heterocycles. The van der Waals surface area contributed by atoms with Gasteiger partial charge in [0.15, 0.2) is 0 Å². The Morgan fingerprint density at radius 2 is 1.79 bits per heavy atom. The monoisotopic (exact) mass is 421 g/mol. The topological polar surface area (TPSA) is 60.9 Å². The van der Waals surface area contributed by atoms with E-state index in [1.165, 1.54) is 6.42 Å². The highest BCUT2D eigenvalue weighted by Gasteiger charge is 2.35. The first-order chi connectivity index (χ1) is 13.8. The first-order valence-electron chi connectivity index (χ1n) is 10.9. The molecule has 0 aliphatic carbocycles. The maximum absolute atomic E-state index is 13.1. The Morgan fingerprint density at radius 1 is 1.10 bits per heavy atom. The van der Waals surface area contributed by atoms with E-state index in [4.69, 9.17) is 0 Å². The largest absolute Gasteiger partial charge is 0.338 e. The number of rotatable bonds is 5.